The molecule has 7 heteroatoms. The van der Waals surface area contributed by atoms with Gasteiger partial charge in [0.2, 0.25) is 0 Å². The van der Waals surface area contributed by atoms with Gasteiger partial charge >= 0.3 is 33.9 Å². The Balaban J connectivity index is -0.000000815. The van der Waals surface area contributed by atoms with Crippen LogP contribution in [0.5, 0.6) is 0 Å². The van der Waals surface area contributed by atoms with Gasteiger partial charge in [0.1, 0.15) is 6.10 Å². The molecular weight excluding hydrogens is 396 g/mol. The number of benzene rings is 1. The maximum atomic E-state index is 7.50. The molecule has 0 saturated heterocycles. The SMILES string of the molecule is CCN(CC)C1=C(N(CC)CC)C(OC)c2ccccc21.[C-]#[O+].[C-]#[O+].[C-]#[O+].[Cr]. The number of methoxy groups -OCH3 is 1. The minimum Gasteiger partial charge on any atom is 0 e. The number of hydrogen-bond acceptors (Lipinski definition) is 3. The van der Waals surface area contributed by atoms with Gasteiger partial charge in [0, 0.05) is 56.2 Å². The van der Waals surface area contributed by atoms with Crippen LogP contribution in [-0.2, 0) is 36.1 Å². The number of fused-ring (bicyclic) bond motifs is 1. The Morgan fingerprint density at radius 1 is 0.821 bits per heavy atom. The monoisotopic (exact) mass is 424 g/mol. The van der Waals surface area contributed by atoms with Crippen molar-refractivity contribution in [1.29, 1.82) is 0 Å². The summed E-state index contributed by atoms with van der Waals surface area (Å²) < 4.78 is 28.4. The van der Waals surface area contributed by atoms with Crippen molar-refractivity contribution in [1.82, 2.24) is 9.80 Å². The molecule has 28 heavy (non-hydrogen) atoms. The molecule has 1 aromatic carbocycles. The van der Waals surface area contributed by atoms with E-state index in [1.165, 1.54) is 22.5 Å². The Labute approximate surface area is 179 Å². The molecule has 0 fully saturated rings. The molecule has 1 unspecified atom stereocenters. The fourth-order valence-electron chi connectivity index (χ4n) is 3.34. The van der Waals surface area contributed by atoms with Gasteiger partial charge in [-0.05, 0) is 33.3 Å². The van der Waals surface area contributed by atoms with E-state index in [9.17, 15) is 0 Å². The van der Waals surface area contributed by atoms with Gasteiger partial charge in [-0.3, -0.25) is 0 Å². The first-order valence-corrected chi connectivity index (χ1v) is 8.70. The zero-order chi connectivity index (χ0) is 21.4. The minimum absolute atomic E-state index is 0. The topological polar surface area (TPSA) is 75.4 Å². The number of nitrogens with zero attached hydrogens (tertiary/aromatic N) is 2. The molecule has 6 nitrogen and oxygen atoms in total. The zero-order valence-electron chi connectivity index (χ0n) is 17.2. The Morgan fingerprint density at radius 3 is 1.64 bits per heavy atom. The van der Waals surface area contributed by atoms with Crippen LogP contribution in [0.3, 0.4) is 0 Å². The van der Waals surface area contributed by atoms with Crippen molar-refractivity contribution in [2.45, 2.75) is 33.8 Å². The third kappa shape index (κ3) is 7.02. The summed E-state index contributed by atoms with van der Waals surface area (Å²) in [5, 5.41) is 0. The van der Waals surface area contributed by atoms with Crippen LogP contribution in [0.25, 0.3) is 5.70 Å². The van der Waals surface area contributed by atoms with E-state index in [4.69, 9.17) is 18.7 Å². The van der Waals surface area contributed by atoms with Crippen molar-refractivity contribution >= 4 is 5.70 Å². The van der Waals surface area contributed by atoms with E-state index in [1.807, 2.05) is 7.11 Å². The van der Waals surface area contributed by atoms with Crippen LogP contribution < -0.4 is 0 Å². The predicted octanol–water partition coefficient (Wildman–Crippen LogP) is 3.62. The summed E-state index contributed by atoms with van der Waals surface area (Å²) in [6.07, 6.45) is 0.0525. The molecule has 0 aromatic heterocycles. The number of hydrogen-bond donors (Lipinski definition) is 0. The Kier molecular flexibility index (Phi) is 20.6. The molecule has 1 aliphatic rings. The Morgan fingerprint density at radius 2 is 1.25 bits per heavy atom. The van der Waals surface area contributed by atoms with E-state index >= 15 is 0 Å². The number of likely N-dealkylation sites (N-methyl/N-ethyl adjacent to an activating group) is 1. The van der Waals surface area contributed by atoms with Gasteiger partial charge in [-0.2, -0.15) is 0 Å². The second-order valence-electron chi connectivity index (χ2n) is 5.28. The van der Waals surface area contributed by atoms with Crippen molar-refractivity contribution in [3.05, 3.63) is 61.0 Å². The first kappa shape index (κ1) is 31.0. The van der Waals surface area contributed by atoms with E-state index in [2.05, 4.69) is 81.7 Å². The fraction of sp³-hybridized carbons (Fsp3) is 0.476. The van der Waals surface area contributed by atoms with Gasteiger partial charge in [0.05, 0.1) is 11.4 Å². The molecule has 1 atom stereocenters. The first-order valence-electron chi connectivity index (χ1n) is 8.70. The van der Waals surface area contributed by atoms with Gasteiger partial charge in [-0.1, -0.05) is 24.3 Å². The van der Waals surface area contributed by atoms with Gasteiger partial charge in [0.15, 0.2) is 0 Å². The van der Waals surface area contributed by atoms with Gasteiger partial charge in [-0.15, -0.1) is 0 Å². The smallest absolute Gasteiger partial charge is 0 e. The summed E-state index contributed by atoms with van der Waals surface area (Å²) in [4.78, 5) is 4.88. The average molecular weight is 424 g/mol. The van der Waals surface area contributed by atoms with Crippen molar-refractivity contribution in [2.24, 2.45) is 0 Å². The predicted molar refractivity (Wildman–Crippen MR) is 101 cm³/mol. The summed E-state index contributed by atoms with van der Waals surface area (Å²) in [5.41, 5.74) is 5.30. The molecule has 152 valence electrons. The molecule has 0 aliphatic heterocycles. The Bertz CT molecular complexity index is 619. The van der Waals surface area contributed by atoms with E-state index in [0.29, 0.717) is 0 Å². The Hall–Kier alpha value is -1.73. The summed E-state index contributed by atoms with van der Waals surface area (Å²) in [5.74, 6) is 0. The van der Waals surface area contributed by atoms with Crippen molar-refractivity contribution < 1.29 is 36.1 Å². The standard InChI is InChI=1S/C18H28N2O.3CO.Cr/c1-6-19(7-2)16-14-12-10-11-13-15(14)18(21-5)17(16)20(8-3)9-4;3*1-2;/h10-13,18H,6-9H2,1-5H3;;;;. The minimum atomic E-state index is 0. The zero-order valence-corrected chi connectivity index (χ0v) is 18.4. The van der Waals surface area contributed by atoms with Crippen molar-refractivity contribution in [3.63, 3.8) is 0 Å². The number of ether oxygens (including phenoxy) is 1. The first-order chi connectivity index (χ1) is 13.2. The summed E-state index contributed by atoms with van der Waals surface area (Å²) >= 11 is 0. The molecule has 0 radical (unpaired) electrons. The average Bonchev–Trinajstić information content (AvgIpc) is 3.09. The van der Waals surface area contributed by atoms with E-state index in [-0.39, 0.29) is 23.5 Å². The molecular formula is C21H28CrN2O4. The van der Waals surface area contributed by atoms with E-state index in [0.717, 1.165) is 26.2 Å². The van der Waals surface area contributed by atoms with Gasteiger partial charge in [-0.25, -0.2) is 0 Å². The normalized spacial score (nSPS) is 13.0. The summed E-state index contributed by atoms with van der Waals surface area (Å²) in [7, 11) is 1.82. The molecule has 0 N–H and O–H groups in total. The maximum Gasteiger partial charge on any atom is 0 e. The molecule has 1 aliphatic carbocycles. The van der Waals surface area contributed by atoms with Crippen LogP contribution in [0.4, 0.5) is 0 Å². The molecule has 0 bridgehead atoms. The van der Waals surface area contributed by atoms with Crippen LogP contribution in [0.15, 0.2) is 30.0 Å². The molecule has 0 spiro atoms. The second-order valence-corrected chi connectivity index (χ2v) is 5.28. The second kappa shape index (κ2) is 18.6. The largest absolute Gasteiger partial charge is 0 e. The molecule has 2 rings (SSSR count). The summed E-state index contributed by atoms with van der Waals surface area (Å²) in [6, 6.07) is 8.66. The van der Waals surface area contributed by atoms with Crippen LogP contribution in [0, 0.1) is 20.0 Å². The van der Waals surface area contributed by atoms with Crippen LogP contribution in [-0.4, -0.2) is 43.1 Å². The van der Waals surface area contributed by atoms with Crippen molar-refractivity contribution in [2.75, 3.05) is 33.3 Å². The number of rotatable bonds is 7. The molecule has 1 aromatic rings. The van der Waals surface area contributed by atoms with E-state index < -0.39 is 0 Å². The third-order valence-corrected chi connectivity index (χ3v) is 4.41. The maximum absolute atomic E-state index is 7.50. The van der Waals surface area contributed by atoms with Crippen LogP contribution in [0.1, 0.15) is 44.9 Å². The molecule has 0 amide bonds. The van der Waals surface area contributed by atoms with Crippen LogP contribution >= 0.6 is 0 Å². The van der Waals surface area contributed by atoms with Gasteiger partial charge < -0.3 is 14.5 Å². The van der Waals surface area contributed by atoms with Crippen molar-refractivity contribution in [3.8, 4) is 0 Å². The van der Waals surface area contributed by atoms with Gasteiger partial charge in [0.25, 0.3) is 0 Å². The van der Waals surface area contributed by atoms with Crippen LogP contribution in [0.2, 0.25) is 0 Å². The fourth-order valence-corrected chi connectivity index (χ4v) is 3.34. The quantitative estimate of drug-likeness (QED) is 0.496. The van der Waals surface area contributed by atoms with E-state index in [1.54, 1.807) is 0 Å². The molecule has 0 saturated carbocycles. The third-order valence-electron chi connectivity index (χ3n) is 4.41. The summed E-state index contributed by atoms with van der Waals surface area (Å²) in [6.45, 7) is 26.4. The molecule has 0 heterocycles.